The number of ether oxygens (including phenoxy) is 1. The summed E-state index contributed by atoms with van der Waals surface area (Å²) in [5, 5.41) is 6.39. The minimum Gasteiger partial charge on any atom is -0.480 e. The topological polar surface area (TPSA) is 56.1 Å². The van der Waals surface area contributed by atoms with E-state index in [1.807, 2.05) is 0 Å². The molecule has 0 aliphatic heterocycles. The molecule has 0 aliphatic carbocycles. The Morgan fingerprint density at radius 3 is 3.00 bits per heavy atom. The number of hydrogen-bond donors (Lipinski definition) is 1. The van der Waals surface area contributed by atoms with E-state index in [2.05, 4.69) is 10.4 Å². The highest BCUT2D eigenvalue weighted by Gasteiger charge is 2.02. The minimum atomic E-state index is 0.483. The Hall–Kier alpha value is -1.52. The molecule has 0 aliphatic rings. The second kappa shape index (κ2) is 3.05. The molecule has 0 fully saturated rings. The smallest absolute Gasteiger partial charge is 0.234 e. The highest BCUT2D eigenvalue weighted by molar-refractivity contribution is 5.69. The van der Waals surface area contributed by atoms with E-state index in [9.17, 15) is 4.79 Å². The van der Waals surface area contributed by atoms with Crippen LogP contribution in [0.4, 0.5) is 5.82 Å². The molecule has 0 saturated heterocycles. The van der Waals surface area contributed by atoms with Gasteiger partial charge in [-0.3, -0.25) is 4.79 Å². The van der Waals surface area contributed by atoms with Crippen LogP contribution in [0.15, 0.2) is 6.07 Å². The highest BCUT2D eigenvalue weighted by Crippen LogP contribution is 2.13. The Morgan fingerprint density at radius 2 is 2.55 bits per heavy atom. The molecule has 1 amide bonds. The van der Waals surface area contributed by atoms with E-state index < -0.39 is 0 Å². The van der Waals surface area contributed by atoms with Crippen molar-refractivity contribution in [3.8, 4) is 5.88 Å². The fourth-order valence-corrected chi connectivity index (χ4v) is 0.736. The normalized spacial score (nSPS) is 9.27. The van der Waals surface area contributed by atoms with Crippen LogP contribution < -0.4 is 10.1 Å². The predicted octanol–water partition coefficient (Wildman–Crippen LogP) is -0.00300. The summed E-state index contributed by atoms with van der Waals surface area (Å²) in [5.74, 6) is 1.09. The van der Waals surface area contributed by atoms with Crippen LogP contribution in [0.1, 0.15) is 0 Å². The third kappa shape index (κ3) is 1.49. The van der Waals surface area contributed by atoms with Gasteiger partial charge >= 0.3 is 0 Å². The molecule has 0 spiro atoms. The van der Waals surface area contributed by atoms with Crippen molar-refractivity contribution in [2.24, 2.45) is 7.05 Å². The summed E-state index contributed by atoms with van der Waals surface area (Å²) < 4.78 is 6.36. The largest absolute Gasteiger partial charge is 0.480 e. The Morgan fingerprint density at radius 1 is 1.82 bits per heavy atom. The van der Waals surface area contributed by atoms with Crippen LogP contribution >= 0.6 is 0 Å². The highest BCUT2D eigenvalue weighted by atomic mass is 16.5. The van der Waals surface area contributed by atoms with Gasteiger partial charge in [0.1, 0.15) is 5.82 Å². The average molecular weight is 155 g/mol. The maximum absolute atomic E-state index is 10.0. The lowest BCUT2D eigenvalue weighted by Gasteiger charge is -1.94. The molecule has 0 saturated carbocycles. The third-order valence-electron chi connectivity index (χ3n) is 1.27. The van der Waals surface area contributed by atoms with Crippen LogP contribution in [0, 0.1) is 0 Å². The molecular weight excluding hydrogens is 146 g/mol. The van der Waals surface area contributed by atoms with E-state index >= 15 is 0 Å². The van der Waals surface area contributed by atoms with Crippen molar-refractivity contribution in [1.82, 2.24) is 9.78 Å². The van der Waals surface area contributed by atoms with Crippen LogP contribution in [0.2, 0.25) is 0 Å². The maximum atomic E-state index is 10.0. The number of anilines is 1. The van der Waals surface area contributed by atoms with Crippen molar-refractivity contribution in [3.05, 3.63) is 6.07 Å². The predicted molar refractivity (Wildman–Crippen MR) is 39.4 cm³/mol. The van der Waals surface area contributed by atoms with Gasteiger partial charge in [0.05, 0.1) is 7.11 Å². The summed E-state index contributed by atoms with van der Waals surface area (Å²) in [6.07, 6.45) is 0.594. The molecule has 0 unspecified atom stereocenters. The summed E-state index contributed by atoms with van der Waals surface area (Å²) in [7, 11) is 3.24. The lowest BCUT2D eigenvalue weighted by atomic mass is 10.6. The third-order valence-corrected chi connectivity index (χ3v) is 1.27. The molecule has 60 valence electrons. The second-order valence-corrected chi connectivity index (χ2v) is 1.96. The van der Waals surface area contributed by atoms with Gasteiger partial charge < -0.3 is 10.1 Å². The molecule has 0 bridgehead atoms. The van der Waals surface area contributed by atoms with Crippen LogP contribution in [0.3, 0.4) is 0 Å². The fraction of sp³-hybridized carbons (Fsp3) is 0.333. The molecule has 5 nitrogen and oxygen atoms in total. The molecule has 0 atom stereocenters. The first-order valence-corrected chi connectivity index (χ1v) is 3.06. The molecular formula is C6H9N3O2. The number of rotatable bonds is 3. The van der Waals surface area contributed by atoms with Crippen molar-refractivity contribution in [2.75, 3.05) is 12.4 Å². The average Bonchev–Trinajstić information content (AvgIpc) is 2.33. The second-order valence-electron chi connectivity index (χ2n) is 1.96. The van der Waals surface area contributed by atoms with E-state index in [4.69, 9.17) is 4.74 Å². The Balaban J connectivity index is 2.87. The molecule has 0 radical (unpaired) electrons. The summed E-state index contributed by atoms with van der Waals surface area (Å²) in [6.45, 7) is 0. The van der Waals surface area contributed by atoms with Crippen molar-refractivity contribution in [3.63, 3.8) is 0 Å². The number of hydrogen-bond acceptors (Lipinski definition) is 3. The Kier molecular flexibility index (Phi) is 2.10. The van der Waals surface area contributed by atoms with Crippen molar-refractivity contribution in [1.29, 1.82) is 0 Å². The van der Waals surface area contributed by atoms with Crippen LogP contribution in [0.25, 0.3) is 0 Å². The monoisotopic (exact) mass is 155 g/mol. The van der Waals surface area contributed by atoms with Gasteiger partial charge in [-0.05, 0) is 0 Å². The van der Waals surface area contributed by atoms with Gasteiger partial charge in [0, 0.05) is 13.1 Å². The summed E-state index contributed by atoms with van der Waals surface area (Å²) in [6, 6.07) is 1.63. The van der Waals surface area contributed by atoms with Gasteiger partial charge in [0.15, 0.2) is 0 Å². The molecule has 1 aromatic heterocycles. The van der Waals surface area contributed by atoms with Crippen LogP contribution in [0.5, 0.6) is 5.88 Å². The van der Waals surface area contributed by atoms with Crippen LogP contribution in [-0.2, 0) is 11.8 Å². The fourth-order valence-electron chi connectivity index (χ4n) is 0.736. The first-order chi connectivity index (χ1) is 5.27. The zero-order valence-corrected chi connectivity index (χ0v) is 6.37. The molecule has 1 N–H and O–H groups in total. The molecule has 11 heavy (non-hydrogen) atoms. The number of methoxy groups -OCH3 is 1. The van der Waals surface area contributed by atoms with Gasteiger partial charge in [-0.15, -0.1) is 5.10 Å². The summed E-state index contributed by atoms with van der Waals surface area (Å²) >= 11 is 0. The van der Waals surface area contributed by atoms with E-state index in [1.54, 1.807) is 13.1 Å². The first kappa shape index (κ1) is 7.59. The standard InChI is InChI=1S/C6H9N3O2/c1-9-5(7-4-10)3-6(8-9)11-2/h3-4H,1-2H3,(H,7,10). The minimum absolute atomic E-state index is 0.483. The number of amides is 1. The number of carbonyl (C=O) groups is 1. The van der Waals surface area contributed by atoms with Gasteiger partial charge in [0.25, 0.3) is 0 Å². The van der Waals surface area contributed by atoms with E-state index in [0.717, 1.165) is 0 Å². The summed E-state index contributed by atoms with van der Waals surface area (Å²) in [5.41, 5.74) is 0. The molecule has 5 heteroatoms. The van der Waals surface area contributed by atoms with Gasteiger partial charge in [-0.2, -0.15) is 0 Å². The van der Waals surface area contributed by atoms with Gasteiger partial charge in [0.2, 0.25) is 12.3 Å². The zero-order chi connectivity index (χ0) is 8.27. The molecule has 1 rings (SSSR count). The van der Waals surface area contributed by atoms with Crippen molar-refractivity contribution in [2.45, 2.75) is 0 Å². The Labute approximate surface area is 64.0 Å². The quantitative estimate of drug-likeness (QED) is 0.625. The van der Waals surface area contributed by atoms with E-state index in [0.29, 0.717) is 18.1 Å². The molecule has 0 aromatic carbocycles. The van der Waals surface area contributed by atoms with Gasteiger partial charge in [-0.1, -0.05) is 0 Å². The van der Waals surface area contributed by atoms with E-state index in [-0.39, 0.29) is 0 Å². The number of aryl methyl sites for hydroxylation is 1. The van der Waals surface area contributed by atoms with Crippen molar-refractivity contribution >= 4 is 12.2 Å². The Bertz CT molecular complexity index is 256. The lowest BCUT2D eigenvalue weighted by Crippen LogP contribution is -2.01. The van der Waals surface area contributed by atoms with Crippen LogP contribution in [-0.4, -0.2) is 23.3 Å². The zero-order valence-electron chi connectivity index (χ0n) is 6.37. The lowest BCUT2D eigenvalue weighted by molar-refractivity contribution is -0.105. The summed E-state index contributed by atoms with van der Waals surface area (Å²) in [4.78, 5) is 10.0. The molecule has 1 aromatic rings. The maximum Gasteiger partial charge on any atom is 0.234 e. The first-order valence-electron chi connectivity index (χ1n) is 3.06. The van der Waals surface area contributed by atoms with Crippen molar-refractivity contribution < 1.29 is 9.53 Å². The number of aromatic nitrogens is 2. The number of nitrogens with one attached hydrogen (secondary N) is 1. The number of nitrogens with zero attached hydrogens (tertiary/aromatic N) is 2. The molecule has 1 heterocycles. The SMILES string of the molecule is COc1cc(NC=O)n(C)n1. The van der Waals surface area contributed by atoms with Gasteiger partial charge in [-0.25, -0.2) is 4.68 Å². The van der Waals surface area contributed by atoms with E-state index in [1.165, 1.54) is 11.8 Å². The number of carbonyl (C=O) groups excluding carboxylic acids is 1.